The molecule has 0 radical (unpaired) electrons. The summed E-state index contributed by atoms with van der Waals surface area (Å²) in [4.78, 5) is 0. The second-order valence-electron chi connectivity index (χ2n) is 5.51. The molecule has 1 saturated carbocycles. The monoisotopic (exact) mass is 278 g/mol. The van der Waals surface area contributed by atoms with Crippen LogP contribution in [0.5, 0.6) is 0 Å². The molecule has 1 aliphatic rings. The van der Waals surface area contributed by atoms with Crippen LogP contribution in [0.2, 0.25) is 0 Å². The van der Waals surface area contributed by atoms with E-state index in [9.17, 15) is 10.2 Å². The van der Waals surface area contributed by atoms with Gasteiger partial charge in [-0.2, -0.15) is 0 Å². The van der Waals surface area contributed by atoms with Gasteiger partial charge in [0.05, 0.1) is 0 Å². The highest BCUT2D eigenvalue weighted by molar-refractivity contribution is 5.57. The largest absolute Gasteiger partial charge is 0.382 e. The molecule has 106 valence electrons. The molecule has 0 saturated heterocycles. The number of hydrogen-bond acceptors (Lipinski definition) is 2. The highest BCUT2D eigenvalue weighted by Gasteiger charge is 2.63. The lowest BCUT2D eigenvalue weighted by molar-refractivity contribution is 0.0818. The topological polar surface area (TPSA) is 40.5 Å². The van der Waals surface area contributed by atoms with Crippen LogP contribution in [0.3, 0.4) is 0 Å². The van der Waals surface area contributed by atoms with E-state index in [0.717, 1.165) is 11.1 Å². The van der Waals surface area contributed by atoms with Gasteiger partial charge in [-0.3, -0.25) is 0 Å². The Morgan fingerprint density at radius 2 is 1.05 bits per heavy atom. The predicted octanol–water partition coefficient (Wildman–Crippen LogP) is 3.28. The minimum absolute atomic E-state index is 0.326. The average molecular weight is 278 g/mol. The van der Waals surface area contributed by atoms with E-state index in [1.54, 1.807) is 12.2 Å². The van der Waals surface area contributed by atoms with Gasteiger partial charge >= 0.3 is 0 Å². The fourth-order valence-corrected chi connectivity index (χ4v) is 2.37. The van der Waals surface area contributed by atoms with Crippen molar-refractivity contribution in [2.24, 2.45) is 0 Å². The molecule has 2 N–H and O–H groups in total. The van der Waals surface area contributed by atoms with Gasteiger partial charge in [0.1, 0.15) is 11.2 Å². The molecule has 21 heavy (non-hydrogen) atoms. The highest BCUT2D eigenvalue weighted by Crippen LogP contribution is 2.50. The van der Waals surface area contributed by atoms with Crippen LogP contribution < -0.4 is 0 Å². The van der Waals surface area contributed by atoms with Crippen LogP contribution in [0.15, 0.2) is 72.8 Å². The molecule has 2 heteroatoms. The third-order valence-corrected chi connectivity index (χ3v) is 3.87. The van der Waals surface area contributed by atoms with E-state index >= 15 is 0 Å². The normalized spacial score (nSPS) is 28.3. The van der Waals surface area contributed by atoms with Gasteiger partial charge in [-0.25, -0.2) is 0 Å². The Balaban J connectivity index is 1.71. The smallest absolute Gasteiger partial charge is 0.119 e. The molecule has 0 bridgehead atoms. The molecular formula is C19H18O2. The maximum Gasteiger partial charge on any atom is 0.119 e. The lowest BCUT2D eigenvalue weighted by Gasteiger charge is -2.09. The van der Waals surface area contributed by atoms with Crippen molar-refractivity contribution in [2.75, 3.05) is 0 Å². The van der Waals surface area contributed by atoms with Gasteiger partial charge in [-0.05, 0) is 23.3 Å². The first kappa shape index (κ1) is 13.8. The van der Waals surface area contributed by atoms with Crippen LogP contribution >= 0.6 is 0 Å². The van der Waals surface area contributed by atoms with Gasteiger partial charge in [0, 0.05) is 6.42 Å². The van der Waals surface area contributed by atoms with E-state index in [2.05, 4.69) is 0 Å². The molecule has 0 aliphatic heterocycles. The van der Waals surface area contributed by atoms with Crippen molar-refractivity contribution in [3.05, 3.63) is 83.9 Å². The zero-order valence-corrected chi connectivity index (χ0v) is 11.7. The van der Waals surface area contributed by atoms with Crippen molar-refractivity contribution in [1.82, 2.24) is 0 Å². The molecule has 0 unspecified atom stereocenters. The molecule has 1 fully saturated rings. The van der Waals surface area contributed by atoms with Crippen LogP contribution in [-0.2, 0) is 0 Å². The number of aliphatic hydroxyl groups is 2. The summed E-state index contributed by atoms with van der Waals surface area (Å²) in [6.45, 7) is 0. The molecule has 0 heterocycles. The number of hydrogen-bond donors (Lipinski definition) is 2. The molecule has 1 aliphatic carbocycles. The number of benzene rings is 2. The van der Waals surface area contributed by atoms with Crippen molar-refractivity contribution >= 4 is 12.2 Å². The highest BCUT2D eigenvalue weighted by atomic mass is 16.4. The van der Waals surface area contributed by atoms with Crippen molar-refractivity contribution in [2.45, 2.75) is 17.6 Å². The average Bonchev–Trinajstić information content (AvgIpc) is 3.08. The molecule has 0 spiro atoms. The first-order valence-electron chi connectivity index (χ1n) is 7.05. The third-order valence-electron chi connectivity index (χ3n) is 3.87. The van der Waals surface area contributed by atoms with Gasteiger partial charge in [0.25, 0.3) is 0 Å². The molecule has 2 nitrogen and oxygen atoms in total. The quantitative estimate of drug-likeness (QED) is 0.901. The van der Waals surface area contributed by atoms with Gasteiger partial charge in [0.15, 0.2) is 0 Å². The minimum atomic E-state index is -1.17. The second-order valence-corrected chi connectivity index (χ2v) is 5.51. The van der Waals surface area contributed by atoms with Crippen LogP contribution in [0.25, 0.3) is 12.2 Å². The van der Waals surface area contributed by atoms with Crippen LogP contribution in [0.1, 0.15) is 17.5 Å². The maximum atomic E-state index is 10.4. The number of rotatable bonds is 4. The summed E-state index contributed by atoms with van der Waals surface area (Å²) in [5, 5.41) is 20.8. The Labute approximate surface area is 124 Å². The first-order valence-corrected chi connectivity index (χ1v) is 7.05. The van der Waals surface area contributed by atoms with Gasteiger partial charge < -0.3 is 10.2 Å². The van der Waals surface area contributed by atoms with E-state index in [0.29, 0.717) is 6.42 Å². The van der Waals surface area contributed by atoms with E-state index in [1.165, 1.54) is 0 Å². The predicted molar refractivity (Wildman–Crippen MR) is 85.5 cm³/mol. The Hall–Kier alpha value is -2.16. The molecule has 3 rings (SSSR count). The van der Waals surface area contributed by atoms with Gasteiger partial charge in [-0.1, -0.05) is 72.8 Å². The van der Waals surface area contributed by atoms with Crippen molar-refractivity contribution < 1.29 is 10.2 Å². The van der Waals surface area contributed by atoms with Gasteiger partial charge in [-0.15, -0.1) is 0 Å². The van der Waals surface area contributed by atoms with E-state index in [4.69, 9.17) is 0 Å². The molecule has 2 atom stereocenters. The molecule has 0 aromatic heterocycles. The summed E-state index contributed by atoms with van der Waals surface area (Å²) in [6.07, 6.45) is 7.37. The first-order chi connectivity index (χ1) is 10.1. The lowest BCUT2D eigenvalue weighted by atomic mass is 10.1. The van der Waals surface area contributed by atoms with E-state index in [1.807, 2.05) is 72.8 Å². The summed E-state index contributed by atoms with van der Waals surface area (Å²) in [5.41, 5.74) is -0.332. The fraction of sp³-hybridized carbons (Fsp3) is 0.158. The van der Waals surface area contributed by atoms with Crippen LogP contribution in [-0.4, -0.2) is 21.4 Å². The minimum Gasteiger partial charge on any atom is -0.382 e. The summed E-state index contributed by atoms with van der Waals surface area (Å²) >= 11 is 0. The van der Waals surface area contributed by atoms with E-state index in [-0.39, 0.29) is 0 Å². The van der Waals surface area contributed by atoms with Crippen molar-refractivity contribution in [1.29, 1.82) is 0 Å². The Morgan fingerprint density at radius 3 is 1.43 bits per heavy atom. The lowest BCUT2D eigenvalue weighted by Crippen LogP contribution is -2.20. The summed E-state index contributed by atoms with van der Waals surface area (Å²) in [5.74, 6) is 0. The Bertz CT molecular complexity index is 601. The van der Waals surface area contributed by atoms with Crippen LogP contribution in [0.4, 0.5) is 0 Å². The fourth-order valence-electron chi connectivity index (χ4n) is 2.37. The Kier molecular flexibility index (Phi) is 3.50. The van der Waals surface area contributed by atoms with Crippen molar-refractivity contribution in [3.8, 4) is 0 Å². The summed E-state index contributed by atoms with van der Waals surface area (Å²) in [6, 6.07) is 19.5. The zero-order chi connectivity index (χ0) is 14.8. The standard InChI is InChI=1S/C19H18O2/c20-18(13-11-16-7-3-1-4-8-16)15-19(18,21)14-12-17-9-5-2-6-10-17/h1-14,20-21H,15H2/b13-11+,14-12+/t18-,19+. The molecule has 2 aromatic carbocycles. The van der Waals surface area contributed by atoms with Gasteiger partial charge in [0.2, 0.25) is 0 Å². The van der Waals surface area contributed by atoms with Crippen molar-refractivity contribution in [3.63, 3.8) is 0 Å². The molecule has 0 amide bonds. The molecular weight excluding hydrogens is 260 g/mol. The maximum absolute atomic E-state index is 10.4. The SMILES string of the molecule is O[C@]1(/C=C/c2ccccc2)C[C@@]1(O)/C=C/c1ccccc1. The summed E-state index contributed by atoms with van der Waals surface area (Å²) in [7, 11) is 0. The van der Waals surface area contributed by atoms with Crippen LogP contribution in [0, 0.1) is 0 Å². The molecule has 2 aromatic rings. The second kappa shape index (κ2) is 5.32. The zero-order valence-electron chi connectivity index (χ0n) is 11.7. The summed E-state index contributed by atoms with van der Waals surface area (Å²) < 4.78 is 0. The van der Waals surface area contributed by atoms with E-state index < -0.39 is 11.2 Å². The Morgan fingerprint density at radius 1 is 0.667 bits per heavy atom. The third kappa shape index (κ3) is 2.97.